The molecule has 0 spiro atoms. The monoisotopic (exact) mass is 251 g/mol. The van der Waals surface area contributed by atoms with Gasteiger partial charge in [0.2, 0.25) is 0 Å². The van der Waals surface area contributed by atoms with Crippen LogP contribution in [0.1, 0.15) is 31.4 Å². The van der Waals surface area contributed by atoms with Crippen LogP contribution in [0.4, 0.5) is 0 Å². The van der Waals surface area contributed by atoms with Gasteiger partial charge in [-0.25, -0.2) is 0 Å². The minimum absolute atomic E-state index is 0.157. The van der Waals surface area contributed by atoms with Crippen LogP contribution in [0.2, 0.25) is 0 Å². The van der Waals surface area contributed by atoms with E-state index in [0.29, 0.717) is 0 Å². The van der Waals surface area contributed by atoms with Crippen molar-refractivity contribution < 1.29 is 9.84 Å². The van der Waals surface area contributed by atoms with Gasteiger partial charge in [-0.1, -0.05) is 37.3 Å². The van der Waals surface area contributed by atoms with Crippen LogP contribution in [0, 0.1) is 0 Å². The van der Waals surface area contributed by atoms with Gasteiger partial charge in [-0.05, 0) is 25.5 Å². The van der Waals surface area contributed by atoms with E-state index >= 15 is 0 Å². The minimum Gasteiger partial charge on any atom is -0.387 e. The third-order valence-electron chi connectivity index (χ3n) is 3.35. The number of aliphatic hydroxyl groups is 1. The Bertz CT molecular complexity index is 316. The van der Waals surface area contributed by atoms with Crippen LogP contribution in [0.5, 0.6) is 0 Å². The molecule has 0 bridgehead atoms. The van der Waals surface area contributed by atoms with E-state index < -0.39 is 6.10 Å². The van der Waals surface area contributed by atoms with Gasteiger partial charge in [0.15, 0.2) is 0 Å². The van der Waals surface area contributed by atoms with Crippen molar-refractivity contribution in [1.29, 1.82) is 0 Å². The van der Waals surface area contributed by atoms with Gasteiger partial charge in [-0.15, -0.1) is 0 Å². The largest absolute Gasteiger partial charge is 0.387 e. The number of hydrogen-bond acceptors (Lipinski definition) is 3. The second kappa shape index (κ2) is 8.25. The van der Waals surface area contributed by atoms with E-state index in [9.17, 15) is 5.11 Å². The standard InChI is InChI=1S/C15H25NO2/c1-4-14(16(2)11-8-12-18-3)15(17)13-9-6-5-7-10-13/h5-7,9-10,14-15,17H,4,8,11-12H2,1-3H3. The highest BCUT2D eigenvalue weighted by Crippen LogP contribution is 2.22. The average molecular weight is 251 g/mol. The highest BCUT2D eigenvalue weighted by Gasteiger charge is 2.22. The first kappa shape index (κ1) is 15.2. The summed E-state index contributed by atoms with van der Waals surface area (Å²) in [7, 11) is 3.78. The molecule has 0 radical (unpaired) electrons. The van der Waals surface area contributed by atoms with Crippen molar-refractivity contribution in [1.82, 2.24) is 4.90 Å². The van der Waals surface area contributed by atoms with Crippen molar-refractivity contribution in [2.75, 3.05) is 27.3 Å². The molecular formula is C15H25NO2. The minimum atomic E-state index is -0.427. The normalized spacial score (nSPS) is 14.7. The molecule has 0 aliphatic carbocycles. The van der Waals surface area contributed by atoms with Gasteiger partial charge < -0.3 is 14.7 Å². The fraction of sp³-hybridized carbons (Fsp3) is 0.600. The maximum Gasteiger partial charge on any atom is 0.0944 e. The lowest BCUT2D eigenvalue weighted by atomic mass is 9.99. The first-order valence-electron chi connectivity index (χ1n) is 6.62. The molecule has 0 saturated heterocycles. The molecule has 0 aliphatic heterocycles. The predicted molar refractivity (Wildman–Crippen MR) is 74.6 cm³/mol. The van der Waals surface area contributed by atoms with Crippen LogP contribution in [0.25, 0.3) is 0 Å². The summed E-state index contributed by atoms with van der Waals surface area (Å²) < 4.78 is 5.06. The zero-order chi connectivity index (χ0) is 13.4. The zero-order valence-corrected chi connectivity index (χ0v) is 11.7. The molecule has 102 valence electrons. The van der Waals surface area contributed by atoms with Crippen LogP contribution < -0.4 is 0 Å². The van der Waals surface area contributed by atoms with Crippen molar-refractivity contribution in [3.05, 3.63) is 35.9 Å². The number of benzene rings is 1. The Hall–Kier alpha value is -0.900. The summed E-state index contributed by atoms with van der Waals surface area (Å²) >= 11 is 0. The highest BCUT2D eigenvalue weighted by molar-refractivity contribution is 5.18. The van der Waals surface area contributed by atoms with Crippen LogP contribution in [-0.2, 0) is 4.74 Å². The molecule has 0 aromatic heterocycles. The van der Waals surface area contributed by atoms with Crippen molar-refractivity contribution in [2.45, 2.75) is 31.9 Å². The molecule has 0 heterocycles. The van der Waals surface area contributed by atoms with Crippen molar-refractivity contribution >= 4 is 0 Å². The summed E-state index contributed by atoms with van der Waals surface area (Å²) in [6, 6.07) is 10.0. The lowest BCUT2D eigenvalue weighted by molar-refractivity contribution is 0.0551. The van der Waals surface area contributed by atoms with Crippen molar-refractivity contribution in [3.63, 3.8) is 0 Å². The van der Waals surface area contributed by atoms with Gasteiger partial charge in [0.05, 0.1) is 6.10 Å². The predicted octanol–water partition coefficient (Wildman–Crippen LogP) is 2.47. The van der Waals surface area contributed by atoms with Gasteiger partial charge in [0.1, 0.15) is 0 Å². The van der Waals surface area contributed by atoms with Crippen LogP contribution in [-0.4, -0.2) is 43.4 Å². The fourth-order valence-corrected chi connectivity index (χ4v) is 2.27. The summed E-state index contributed by atoms with van der Waals surface area (Å²) in [4.78, 5) is 2.22. The second-order valence-corrected chi connectivity index (χ2v) is 4.66. The molecule has 3 nitrogen and oxygen atoms in total. The van der Waals surface area contributed by atoms with Gasteiger partial charge in [-0.3, -0.25) is 0 Å². The van der Waals surface area contributed by atoms with Gasteiger partial charge in [-0.2, -0.15) is 0 Å². The molecule has 3 heteroatoms. The number of nitrogens with zero attached hydrogens (tertiary/aromatic N) is 1. The number of aliphatic hydroxyl groups excluding tert-OH is 1. The quantitative estimate of drug-likeness (QED) is 0.720. The number of rotatable bonds is 8. The molecule has 1 aromatic rings. The molecule has 2 atom stereocenters. The third-order valence-corrected chi connectivity index (χ3v) is 3.35. The summed E-state index contributed by atoms with van der Waals surface area (Å²) in [5.74, 6) is 0. The van der Waals surface area contributed by atoms with Crippen LogP contribution in [0.15, 0.2) is 30.3 Å². The van der Waals surface area contributed by atoms with E-state index in [-0.39, 0.29) is 6.04 Å². The van der Waals surface area contributed by atoms with E-state index in [1.165, 1.54) is 0 Å². The molecule has 0 saturated carbocycles. The molecular weight excluding hydrogens is 226 g/mol. The van der Waals surface area contributed by atoms with Crippen molar-refractivity contribution in [3.8, 4) is 0 Å². The molecule has 1 rings (SSSR count). The number of hydrogen-bond donors (Lipinski definition) is 1. The highest BCUT2D eigenvalue weighted by atomic mass is 16.5. The van der Waals surface area contributed by atoms with Gasteiger partial charge in [0.25, 0.3) is 0 Å². The average Bonchev–Trinajstić information content (AvgIpc) is 2.41. The number of likely N-dealkylation sites (N-methyl/N-ethyl adjacent to an activating group) is 1. The molecule has 1 N–H and O–H groups in total. The topological polar surface area (TPSA) is 32.7 Å². The maximum absolute atomic E-state index is 10.4. The van der Waals surface area contributed by atoms with E-state index in [0.717, 1.165) is 31.6 Å². The zero-order valence-electron chi connectivity index (χ0n) is 11.7. The van der Waals surface area contributed by atoms with E-state index in [2.05, 4.69) is 18.9 Å². The first-order valence-corrected chi connectivity index (χ1v) is 6.62. The summed E-state index contributed by atoms with van der Waals surface area (Å²) in [5, 5.41) is 10.4. The first-order chi connectivity index (χ1) is 8.70. The van der Waals surface area contributed by atoms with Crippen molar-refractivity contribution in [2.24, 2.45) is 0 Å². The van der Waals surface area contributed by atoms with Gasteiger partial charge >= 0.3 is 0 Å². The Morgan fingerprint density at radius 3 is 2.50 bits per heavy atom. The Morgan fingerprint density at radius 1 is 1.28 bits per heavy atom. The molecule has 2 unspecified atom stereocenters. The SMILES string of the molecule is CCC(C(O)c1ccccc1)N(C)CCCOC. The van der Waals surface area contributed by atoms with E-state index in [1.54, 1.807) is 7.11 Å². The Kier molecular flexibility index (Phi) is 6.94. The Balaban J connectivity index is 2.59. The molecule has 18 heavy (non-hydrogen) atoms. The van der Waals surface area contributed by atoms with E-state index in [1.807, 2.05) is 30.3 Å². The maximum atomic E-state index is 10.4. The molecule has 0 amide bonds. The molecule has 0 aliphatic rings. The smallest absolute Gasteiger partial charge is 0.0944 e. The Labute approximate surface area is 110 Å². The number of methoxy groups -OCH3 is 1. The van der Waals surface area contributed by atoms with E-state index in [4.69, 9.17) is 4.74 Å². The molecule has 1 aromatic carbocycles. The second-order valence-electron chi connectivity index (χ2n) is 4.66. The van der Waals surface area contributed by atoms with Crippen LogP contribution >= 0.6 is 0 Å². The summed E-state index contributed by atoms with van der Waals surface area (Å²) in [5.41, 5.74) is 0.989. The van der Waals surface area contributed by atoms with Gasteiger partial charge in [0, 0.05) is 26.3 Å². The van der Waals surface area contributed by atoms with Crippen LogP contribution in [0.3, 0.4) is 0 Å². The lowest BCUT2D eigenvalue weighted by Gasteiger charge is -2.31. The molecule has 0 fully saturated rings. The fourth-order valence-electron chi connectivity index (χ4n) is 2.27. The summed E-state index contributed by atoms with van der Waals surface area (Å²) in [6.45, 7) is 3.82. The third kappa shape index (κ3) is 4.41. The Morgan fingerprint density at radius 2 is 1.94 bits per heavy atom. The number of ether oxygens (including phenoxy) is 1. The summed E-state index contributed by atoms with van der Waals surface area (Å²) in [6.07, 6.45) is 1.49. The lowest BCUT2D eigenvalue weighted by Crippen LogP contribution is -2.37.